The fourth-order valence-corrected chi connectivity index (χ4v) is 9.98. The largest absolute Gasteiger partial charge is 0.478 e. The van der Waals surface area contributed by atoms with Crippen LogP contribution in [0.5, 0.6) is 5.88 Å². The lowest BCUT2D eigenvalue weighted by Gasteiger charge is -2.25. The number of amides is 6. The predicted molar refractivity (Wildman–Crippen MR) is 340 cm³/mol. The maximum atomic E-state index is 12.0. The van der Waals surface area contributed by atoms with Gasteiger partial charge in [-0.15, -0.1) is 0 Å². The zero-order chi connectivity index (χ0) is 61.6. The van der Waals surface area contributed by atoms with Gasteiger partial charge in [-0.05, 0) is 137 Å². The van der Waals surface area contributed by atoms with Crippen molar-refractivity contribution in [2.75, 3.05) is 61.0 Å². The van der Waals surface area contributed by atoms with Gasteiger partial charge in [-0.2, -0.15) is 15.3 Å². The highest BCUT2D eigenvalue weighted by Crippen LogP contribution is 2.33. The summed E-state index contributed by atoms with van der Waals surface area (Å²) < 4.78 is 10.7. The van der Waals surface area contributed by atoms with Crippen molar-refractivity contribution in [1.29, 1.82) is 0 Å². The zero-order valence-electron chi connectivity index (χ0n) is 49.3. The molecule has 10 heterocycles. The van der Waals surface area contributed by atoms with Crippen LogP contribution in [0.4, 0.5) is 38.2 Å². The van der Waals surface area contributed by atoms with Crippen LogP contribution in [-0.2, 0) is 6.54 Å². The molecule has 1 fully saturated rings. The lowest BCUT2D eigenvalue weighted by Crippen LogP contribution is -2.29. The van der Waals surface area contributed by atoms with Crippen molar-refractivity contribution < 1.29 is 19.1 Å². The smallest absolute Gasteiger partial charge is 0.321 e. The number of likely N-dealkylation sites (tertiary alicyclic amines) is 1. The number of benzene rings is 3. The van der Waals surface area contributed by atoms with E-state index in [1.807, 2.05) is 119 Å². The maximum absolute atomic E-state index is 12.0. The number of aromatic amines is 3. The molecule has 28 heteroatoms. The number of ether oxygens (including phenoxy) is 1. The van der Waals surface area contributed by atoms with Gasteiger partial charge < -0.3 is 41.4 Å². The predicted octanol–water partition coefficient (Wildman–Crippen LogP) is 9.22. The number of hydrogen-bond donors (Lipinski definition) is 10. The molecule has 1 saturated heterocycles. The van der Waals surface area contributed by atoms with Crippen molar-refractivity contribution in [2.45, 2.75) is 53.5 Å². The van der Waals surface area contributed by atoms with Crippen molar-refractivity contribution in [3.63, 3.8) is 0 Å². The number of H-pyrrole nitrogens is 3. The van der Waals surface area contributed by atoms with E-state index in [1.54, 1.807) is 51.2 Å². The van der Waals surface area contributed by atoms with Crippen LogP contribution in [0.2, 0.25) is 0 Å². The number of nitrogens with zero attached hydrogens (tertiary/aromatic N) is 14. The molecule has 0 radical (unpaired) electrons. The fraction of sp³-hybridized carbons (Fsp3) is 0.230. The highest BCUT2D eigenvalue weighted by molar-refractivity contribution is 5.97. The van der Waals surface area contributed by atoms with Crippen LogP contribution < -0.4 is 42.4 Å². The number of anilines is 4. The summed E-state index contributed by atoms with van der Waals surface area (Å²) in [6, 6.07) is 24.5. The second kappa shape index (κ2) is 27.7. The van der Waals surface area contributed by atoms with Crippen LogP contribution in [0.1, 0.15) is 52.7 Å². The number of hydrogen-bond acceptors (Lipinski definition) is 16. The molecule has 0 aliphatic carbocycles. The highest BCUT2D eigenvalue weighted by atomic mass is 16.5. The molecule has 0 spiro atoms. The zero-order valence-corrected chi connectivity index (χ0v) is 49.3. The SMILES string of the molecule is CCNC(=O)Nc1nc2c(-n3cccn3)cc(-c3ccc(CN4CCCCC4)nc3)cc2[nH]1.CCNC(=O)Nc1nc2c(-n3cccn3)cc(-c3ccc(OCC)nc3)cc2[nH]1.CCNC(=O)Nc1nc2c(-n3cccn3)cc(-c3cnc(N)nc3)cc2[nH]1. The minimum Gasteiger partial charge on any atom is -0.478 e. The van der Waals surface area contributed by atoms with Crippen LogP contribution in [0.15, 0.2) is 141 Å². The van der Waals surface area contributed by atoms with E-state index >= 15 is 0 Å². The number of rotatable bonds is 16. The second-order valence-electron chi connectivity index (χ2n) is 20.3. The maximum Gasteiger partial charge on any atom is 0.321 e. The van der Waals surface area contributed by atoms with Gasteiger partial charge in [-0.3, -0.25) is 25.8 Å². The average molecular weight is 1200 g/mol. The van der Waals surface area contributed by atoms with Crippen molar-refractivity contribution in [3.8, 4) is 56.3 Å². The van der Waals surface area contributed by atoms with Gasteiger partial charge in [0.2, 0.25) is 29.7 Å². The molecule has 13 rings (SSSR count). The second-order valence-corrected chi connectivity index (χ2v) is 20.3. The Morgan fingerprint density at radius 1 is 0.506 bits per heavy atom. The topological polar surface area (TPSA) is 353 Å². The molecule has 89 heavy (non-hydrogen) atoms. The molecule has 11 N–H and O–H groups in total. The van der Waals surface area contributed by atoms with E-state index < -0.39 is 0 Å². The average Bonchev–Trinajstić information content (AvgIpc) is 1.97. The number of imidazole rings is 3. The van der Waals surface area contributed by atoms with E-state index in [9.17, 15) is 14.4 Å². The molecule has 454 valence electrons. The van der Waals surface area contributed by atoms with Gasteiger partial charge in [0.1, 0.15) is 16.6 Å². The standard InChI is InChI=1S/C24H28N8O.C20H21N7O2.C17H17N9O/c1-2-25-24(33)30-23-28-20-13-18(14-21(22(20)29-23)32-12-6-9-27-32)17-7-8-19(26-15-17)16-31-10-4-3-5-11-31;1-3-21-20(28)26-19-24-15-10-14(13-6-7-17(22-12-13)29-4-2)11-16(18(15)25-19)27-9-5-8-23-27;1-2-19-17(27)25-16-23-12-6-10(11-8-20-15(18)21-9-11)7-13(14(12)24-16)26-5-3-4-22-26/h6-9,12-15H,2-5,10-11,16H2,1H3,(H3,25,28,29,30,33);5-12H,3-4H2,1-2H3,(H3,21,24,25,26,28);3-9H,2H2,1H3,(H2,18,20,21)(H3,19,23,24,25,27). The van der Waals surface area contributed by atoms with Crippen LogP contribution in [0.3, 0.4) is 0 Å². The Bertz CT molecular complexity index is 4310. The quantitative estimate of drug-likeness (QED) is 0.0431. The number of fused-ring (bicyclic) bond motifs is 3. The summed E-state index contributed by atoms with van der Waals surface area (Å²) in [5.41, 5.74) is 19.0. The molecule has 1 aliphatic rings. The molecule has 0 saturated carbocycles. The summed E-state index contributed by atoms with van der Waals surface area (Å²) in [6.07, 6.45) is 21.6. The van der Waals surface area contributed by atoms with E-state index in [4.69, 9.17) is 15.5 Å². The van der Waals surface area contributed by atoms with Gasteiger partial charge in [0.25, 0.3) is 0 Å². The molecule has 1 aliphatic heterocycles. The van der Waals surface area contributed by atoms with Crippen molar-refractivity contribution in [2.24, 2.45) is 0 Å². The lowest BCUT2D eigenvalue weighted by atomic mass is 10.1. The van der Waals surface area contributed by atoms with Crippen molar-refractivity contribution >= 4 is 75.0 Å². The third kappa shape index (κ3) is 14.4. The van der Waals surface area contributed by atoms with E-state index in [0.717, 1.165) is 97.8 Å². The van der Waals surface area contributed by atoms with E-state index in [1.165, 1.54) is 19.3 Å². The number of urea groups is 3. The van der Waals surface area contributed by atoms with Crippen molar-refractivity contribution in [3.05, 3.63) is 147 Å². The number of carbonyl (C=O) groups is 3. The molecule has 28 nitrogen and oxygen atoms in total. The molecule has 6 amide bonds. The fourth-order valence-electron chi connectivity index (χ4n) is 9.98. The minimum absolute atomic E-state index is 0.210. The Labute approximate surface area is 509 Å². The third-order valence-electron chi connectivity index (χ3n) is 14.0. The Morgan fingerprint density at radius 2 is 0.921 bits per heavy atom. The van der Waals surface area contributed by atoms with Gasteiger partial charge in [0.05, 0.1) is 45.9 Å². The number of carbonyl (C=O) groups excluding carboxylic acids is 3. The molecular formula is C61H66N24O4. The van der Waals surface area contributed by atoms with E-state index in [0.29, 0.717) is 61.0 Å². The summed E-state index contributed by atoms with van der Waals surface area (Å²) in [5.74, 6) is 1.88. The lowest BCUT2D eigenvalue weighted by molar-refractivity contribution is 0.218. The summed E-state index contributed by atoms with van der Waals surface area (Å²) in [4.78, 5) is 78.4. The first-order chi connectivity index (χ1) is 43.5. The van der Waals surface area contributed by atoms with Crippen LogP contribution in [0, 0.1) is 0 Å². The number of nitrogens with two attached hydrogens (primary N) is 1. The van der Waals surface area contributed by atoms with Gasteiger partial charge in [0, 0.05) is 111 Å². The Hall–Kier alpha value is -11.6. The number of nitrogen functional groups attached to an aromatic ring is 1. The number of nitrogens with one attached hydrogen (secondary N) is 9. The summed E-state index contributed by atoms with van der Waals surface area (Å²) in [7, 11) is 0. The first kappa shape index (κ1) is 59.2. The number of piperidine rings is 1. The number of aromatic nitrogens is 16. The van der Waals surface area contributed by atoms with Crippen LogP contribution in [0.25, 0.3) is 83.5 Å². The molecule has 12 aromatic rings. The Morgan fingerprint density at radius 3 is 1.29 bits per heavy atom. The monoisotopic (exact) mass is 1200 g/mol. The summed E-state index contributed by atoms with van der Waals surface area (Å²) >= 11 is 0. The molecule has 0 unspecified atom stereocenters. The first-order valence-electron chi connectivity index (χ1n) is 29.1. The molecular weight excluding hydrogens is 1130 g/mol. The molecule has 3 aromatic carbocycles. The van der Waals surface area contributed by atoms with Crippen molar-refractivity contribution in [1.82, 2.24) is 100 Å². The summed E-state index contributed by atoms with van der Waals surface area (Å²) in [5, 5.41) is 29.2. The molecule has 0 atom stereocenters. The van der Waals surface area contributed by atoms with Gasteiger partial charge >= 0.3 is 18.1 Å². The number of pyridine rings is 2. The van der Waals surface area contributed by atoms with Crippen LogP contribution >= 0.6 is 0 Å². The normalized spacial score (nSPS) is 12.2. The van der Waals surface area contributed by atoms with Gasteiger partial charge in [0.15, 0.2) is 0 Å². The van der Waals surface area contributed by atoms with E-state index in [-0.39, 0.29) is 24.0 Å². The molecule has 9 aromatic heterocycles. The Balaban J connectivity index is 0.000000138. The highest BCUT2D eigenvalue weighted by Gasteiger charge is 2.19. The summed E-state index contributed by atoms with van der Waals surface area (Å²) in [6.45, 7) is 12.8. The van der Waals surface area contributed by atoms with Gasteiger partial charge in [-0.1, -0.05) is 12.5 Å². The first-order valence-corrected chi connectivity index (χ1v) is 29.1. The third-order valence-corrected chi connectivity index (χ3v) is 14.0. The Kier molecular flexibility index (Phi) is 18.4. The van der Waals surface area contributed by atoms with Crippen LogP contribution in [-0.4, -0.2) is 142 Å². The minimum atomic E-state index is -0.329. The van der Waals surface area contributed by atoms with E-state index in [2.05, 4.69) is 109 Å². The molecule has 0 bridgehead atoms. The van der Waals surface area contributed by atoms with Gasteiger partial charge in [-0.25, -0.2) is 58.3 Å².